The second-order valence-corrected chi connectivity index (χ2v) is 8.13. The van der Waals surface area contributed by atoms with E-state index >= 15 is 0 Å². The monoisotopic (exact) mass is 402 g/mol. The van der Waals surface area contributed by atoms with Crippen molar-refractivity contribution in [2.75, 3.05) is 31.5 Å². The zero-order valence-electron chi connectivity index (χ0n) is 16.5. The van der Waals surface area contributed by atoms with Crippen molar-refractivity contribution in [3.05, 3.63) is 40.8 Å². The molecule has 0 aliphatic carbocycles. The number of likely N-dealkylation sites (tertiary alicyclic amines) is 1. The van der Waals surface area contributed by atoms with Crippen molar-refractivity contribution in [2.45, 2.75) is 39.2 Å². The summed E-state index contributed by atoms with van der Waals surface area (Å²) in [6.07, 6.45) is 4.74. The summed E-state index contributed by atoms with van der Waals surface area (Å²) in [5.41, 5.74) is 3.41. The number of carbonyl (C=O) groups excluding carboxylic acids is 1. The molecule has 1 aliphatic rings. The molecular weight excluding hydrogens is 372 g/mol. The number of nitrogens with zero attached hydrogens (tertiary/aromatic N) is 2. The summed E-state index contributed by atoms with van der Waals surface area (Å²) in [6, 6.07) is 7.24. The number of rotatable bonds is 9. The Morgan fingerprint density at radius 3 is 2.96 bits per heavy atom. The standard InChI is InChI=1S/C21H30N4O2S/c1-17-7-11-25(12-8-17)10-3-2-9-22-21(26)24-18-5-4-6-20(13-18)27-14-19-15-28-16-23-19/h4-6,13,15-17H,2-3,7-12,14H2,1H3,(H2,22,24,26). The van der Waals surface area contributed by atoms with Gasteiger partial charge < -0.3 is 20.3 Å². The molecule has 2 N–H and O–H groups in total. The van der Waals surface area contributed by atoms with Crippen LogP contribution in [0.4, 0.5) is 10.5 Å². The highest BCUT2D eigenvalue weighted by Gasteiger charge is 2.14. The average Bonchev–Trinajstić information content (AvgIpc) is 3.21. The van der Waals surface area contributed by atoms with Gasteiger partial charge in [0.05, 0.1) is 11.2 Å². The number of benzene rings is 1. The number of carbonyl (C=O) groups is 1. The Morgan fingerprint density at radius 2 is 2.18 bits per heavy atom. The lowest BCUT2D eigenvalue weighted by Gasteiger charge is -2.30. The van der Waals surface area contributed by atoms with E-state index in [2.05, 4.69) is 27.4 Å². The normalized spacial score (nSPS) is 15.3. The number of hydrogen-bond acceptors (Lipinski definition) is 5. The van der Waals surface area contributed by atoms with Crippen LogP contribution in [-0.2, 0) is 6.61 Å². The smallest absolute Gasteiger partial charge is 0.319 e. The van der Waals surface area contributed by atoms with Crippen LogP contribution in [0.5, 0.6) is 5.75 Å². The molecule has 1 aromatic heterocycles. The Labute approximate surface area is 171 Å². The van der Waals surface area contributed by atoms with Gasteiger partial charge in [0.1, 0.15) is 12.4 Å². The maximum absolute atomic E-state index is 12.1. The molecule has 6 nitrogen and oxygen atoms in total. The highest BCUT2D eigenvalue weighted by atomic mass is 32.1. The van der Waals surface area contributed by atoms with Gasteiger partial charge in [-0.25, -0.2) is 9.78 Å². The maximum Gasteiger partial charge on any atom is 0.319 e. The summed E-state index contributed by atoms with van der Waals surface area (Å²) in [7, 11) is 0. The molecule has 0 spiro atoms. The van der Waals surface area contributed by atoms with Crippen molar-refractivity contribution < 1.29 is 9.53 Å². The topological polar surface area (TPSA) is 66.5 Å². The number of anilines is 1. The number of unbranched alkanes of at least 4 members (excludes halogenated alkanes) is 1. The molecule has 28 heavy (non-hydrogen) atoms. The fourth-order valence-corrected chi connectivity index (χ4v) is 3.80. The van der Waals surface area contributed by atoms with E-state index in [-0.39, 0.29) is 6.03 Å². The summed E-state index contributed by atoms with van der Waals surface area (Å²) in [6.45, 7) is 7.02. The third-order valence-electron chi connectivity index (χ3n) is 5.03. The Kier molecular flexibility index (Phi) is 8.11. The number of ether oxygens (including phenoxy) is 1. The first-order chi connectivity index (χ1) is 13.7. The third-order valence-corrected chi connectivity index (χ3v) is 5.66. The van der Waals surface area contributed by atoms with Crippen molar-refractivity contribution in [3.63, 3.8) is 0 Å². The molecule has 2 aromatic rings. The molecule has 7 heteroatoms. The second kappa shape index (κ2) is 11.0. The first kappa shape index (κ1) is 20.6. The van der Waals surface area contributed by atoms with Gasteiger partial charge in [-0.15, -0.1) is 11.3 Å². The van der Waals surface area contributed by atoms with Crippen LogP contribution in [0.1, 0.15) is 38.3 Å². The van der Waals surface area contributed by atoms with E-state index in [9.17, 15) is 4.79 Å². The lowest BCUT2D eigenvalue weighted by Crippen LogP contribution is -2.34. The van der Waals surface area contributed by atoms with Gasteiger partial charge in [0, 0.05) is 23.7 Å². The fourth-order valence-electron chi connectivity index (χ4n) is 3.25. The molecule has 1 saturated heterocycles. The molecule has 0 bridgehead atoms. The number of aromatic nitrogens is 1. The Bertz CT molecular complexity index is 715. The molecule has 152 valence electrons. The van der Waals surface area contributed by atoms with Gasteiger partial charge >= 0.3 is 6.03 Å². The van der Waals surface area contributed by atoms with Gasteiger partial charge in [-0.05, 0) is 63.4 Å². The van der Waals surface area contributed by atoms with Crippen LogP contribution < -0.4 is 15.4 Å². The first-order valence-corrected chi connectivity index (χ1v) is 11.0. The van der Waals surface area contributed by atoms with Gasteiger partial charge in [0.2, 0.25) is 0 Å². The molecule has 0 radical (unpaired) electrons. The zero-order valence-corrected chi connectivity index (χ0v) is 17.3. The molecule has 3 rings (SSSR count). The lowest BCUT2D eigenvalue weighted by molar-refractivity contribution is 0.189. The van der Waals surface area contributed by atoms with Crippen molar-refractivity contribution in [1.82, 2.24) is 15.2 Å². The SMILES string of the molecule is CC1CCN(CCCCNC(=O)Nc2cccc(OCc3cscn3)c2)CC1. The molecule has 0 atom stereocenters. The predicted molar refractivity (Wildman–Crippen MR) is 114 cm³/mol. The van der Waals surface area contributed by atoms with Crippen LogP contribution in [0.25, 0.3) is 0 Å². The minimum atomic E-state index is -0.177. The van der Waals surface area contributed by atoms with Crippen LogP contribution in [0.3, 0.4) is 0 Å². The molecule has 0 saturated carbocycles. The summed E-state index contributed by atoms with van der Waals surface area (Å²) in [4.78, 5) is 18.8. The first-order valence-electron chi connectivity index (χ1n) is 10.1. The number of thiazole rings is 1. The van der Waals surface area contributed by atoms with Crippen molar-refractivity contribution >= 4 is 23.1 Å². The fraction of sp³-hybridized carbons (Fsp3) is 0.524. The maximum atomic E-state index is 12.1. The van der Waals surface area contributed by atoms with Crippen LogP contribution >= 0.6 is 11.3 Å². The Hall–Kier alpha value is -2.12. The molecule has 2 heterocycles. The summed E-state index contributed by atoms with van der Waals surface area (Å²) in [5, 5.41) is 7.76. The summed E-state index contributed by atoms with van der Waals surface area (Å²) >= 11 is 1.55. The van der Waals surface area contributed by atoms with Crippen molar-refractivity contribution in [1.29, 1.82) is 0 Å². The highest BCUT2D eigenvalue weighted by molar-refractivity contribution is 7.07. The summed E-state index contributed by atoms with van der Waals surface area (Å²) in [5.74, 6) is 1.58. The van der Waals surface area contributed by atoms with E-state index in [1.165, 1.54) is 25.9 Å². The predicted octanol–water partition coefficient (Wildman–Crippen LogP) is 4.36. The van der Waals surface area contributed by atoms with Gasteiger partial charge in [0.15, 0.2) is 0 Å². The van der Waals surface area contributed by atoms with Crippen molar-refractivity contribution in [2.24, 2.45) is 5.92 Å². The molecule has 1 fully saturated rings. The minimum Gasteiger partial charge on any atom is -0.487 e. The average molecular weight is 403 g/mol. The van der Waals surface area contributed by atoms with Crippen LogP contribution in [0, 0.1) is 5.92 Å². The quantitative estimate of drug-likeness (QED) is 0.612. The van der Waals surface area contributed by atoms with E-state index in [0.29, 0.717) is 18.9 Å². The Morgan fingerprint density at radius 1 is 1.32 bits per heavy atom. The molecule has 1 aliphatic heterocycles. The number of nitrogens with one attached hydrogen (secondary N) is 2. The molecule has 0 unspecified atom stereocenters. The van der Waals surface area contributed by atoms with E-state index in [4.69, 9.17) is 4.74 Å². The zero-order chi connectivity index (χ0) is 19.6. The van der Waals surface area contributed by atoms with Gasteiger partial charge in [-0.1, -0.05) is 13.0 Å². The van der Waals surface area contributed by atoms with Gasteiger partial charge in [-0.3, -0.25) is 0 Å². The number of hydrogen-bond donors (Lipinski definition) is 2. The van der Waals surface area contributed by atoms with Crippen LogP contribution in [-0.4, -0.2) is 42.1 Å². The van der Waals surface area contributed by atoms with Gasteiger partial charge in [-0.2, -0.15) is 0 Å². The van der Waals surface area contributed by atoms with Crippen LogP contribution in [0.15, 0.2) is 35.2 Å². The summed E-state index contributed by atoms with van der Waals surface area (Å²) < 4.78 is 5.72. The van der Waals surface area contributed by atoms with E-state index in [1.54, 1.807) is 16.8 Å². The number of urea groups is 1. The lowest BCUT2D eigenvalue weighted by atomic mass is 9.99. The highest BCUT2D eigenvalue weighted by Crippen LogP contribution is 2.19. The minimum absolute atomic E-state index is 0.177. The molecule has 2 amide bonds. The van der Waals surface area contributed by atoms with Crippen LogP contribution in [0.2, 0.25) is 0 Å². The van der Waals surface area contributed by atoms with Crippen molar-refractivity contribution in [3.8, 4) is 5.75 Å². The number of piperidine rings is 1. The molecule has 1 aromatic carbocycles. The largest absolute Gasteiger partial charge is 0.487 e. The van der Waals surface area contributed by atoms with E-state index in [0.717, 1.165) is 36.7 Å². The van der Waals surface area contributed by atoms with E-state index < -0.39 is 0 Å². The number of amides is 2. The second-order valence-electron chi connectivity index (χ2n) is 7.41. The van der Waals surface area contributed by atoms with Gasteiger partial charge in [0.25, 0.3) is 0 Å². The molecular formula is C21H30N4O2S. The Balaban J connectivity index is 1.30. The third kappa shape index (κ3) is 7.13. The van der Waals surface area contributed by atoms with E-state index in [1.807, 2.05) is 29.6 Å².